The largest absolute Gasteiger partial charge is 0.351 e. The Kier molecular flexibility index (Phi) is 0.173. The SMILES string of the molecule is [2H]C(=O)N(C([2H])([2H])[2H])C([2H])([2H])[2H]. The molecule has 0 N–H and O–H groups in total. The number of nitrogens with zero attached hydrogens (tertiary/aromatic N) is 1. The van der Waals surface area contributed by atoms with Crippen LogP contribution in [-0.2, 0) is 4.79 Å². The molecule has 0 heterocycles. The predicted octanol–water partition coefficient (Wildman–Crippen LogP) is -0.296. The molecular weight excluding hydrogens is 66.0 g/mol. The first-order chi connectivity index (χ1) is 5.07. The summed E-state index contributed by atoms with van der Waals surface area (Å²) >= 11 is 0. The van der Waals surface area contributed by atoms with Crippen molar-refractivity contribution in [3.8, 4) is 0 Å². The van der Waals surface area contributed by atoms with E-state index in [0.717, 1.165) is 0 Å². The minimum Gasteiger partial charge on any atom is -0.351 e. The molecule has 0 aromatic heterocycles. The smallest absolute Gasteiger partial charge is 0.209 e. The van der Waals surface area contributed by atoms with E-state index in [0.29, 0.717) is 0 Å². The van der Waals surface area contributed by atoms with Gasteiger partial charge in [0.05, 0.1) is 0 Å². The van der Waals surface area contributed by atoms with Crippen molar-refractivity contribution < 1.29 is 14.4 Å². The van der Waals surface area contributed by atoms with Crippen LogP contribution < -0.4 is 0 Å². The predicted molar refractivity (Wildman–Crippen MR) is 19.8 cm³/mol. The number of carbonyl (C=O) groups excluding carboxylic acids is 1. The third-order valence-corrected chi connectivity index (χ3v) is 0.0913. The summed E-state index contributed by atoms with van der Waals surface area (Å²) in [6.07, 6.45) is -1.74. The molecule has 0 unspecified atom stereocenters. The van der Waals surface area contributed by atoms with Gasteiger partial charge in [0.25, 0.3) is 0 Å². The Morgan fingerprint density at radius 3 is 2.80 bits per heavy atom. The molecule has 0 atom stereocenters. The highest BCUT2D eigenvalue weighted by Gasteiger charge is 1.68. The molecular formula is C3H7NO. The monoisotopic (exact) mass is 80.1 g/mol. The molecule has 0 aromatic carbocycles. The van der Waals surface area contributed by atoms with Crippen LogP contribution in [0.25, 0.3) is 0 Å². The minimum absolute atomic E-state index is 0.431. The molecule has 2 heteroatoms. The zero-order valence-electron chi connectivity index (χ0n) is 9.36. The summed E-state index contributed by atoms with van der Waals surface area (Å²) in [4.78, 5) is 9.88. The van der Waals surface area contributed by atoms with Crippen LogP contribution in [0.15, 0.2) is 0 Å². The van der Waals surface area contributed by atoms with Crippen molar-refractivity contribution in [2.75, 3.05) is 14.0 Å². The van der Waals surface area contributed by atoms with Crippen LogP contribution in [0.2, 0.25) is 0 Å². The van der Waals surface area contributed by atoms with E-state index in [2.05, 4.69) is 0 Å². The lowest BCUT2D eigenvalue weighted by Gasteiger charge is -1.93. The van der Waals surface area contributed by atoms with Crippen molar-refractivity contribution in [3.05, 3.63) is 0 Å². The lowest BCUT2D eigenvalue weighted by atomic mass is 11.0. The number of amides is 1. The summed E-state index contributed by atoms with van der Waals surface area (Å²) in [5, 5.41) is 0. The topological polar surface area (TPSA) is 20.3 Å². The van der Waals surface area contributed by atoms with Crippen LogP contribution in [0, 0.1) is 0 Å². The first-order valence-electron chi connectivity index (χ1n) is 4.37. The zero-order valence-corrected chi connectivity index (χ0v) is 2.36. The second-order valence-electron chi connectivity index (χ2n) is 0.427. The van der Waals surface area contributed by atoms with Gasteiger partial charge in [0.15, 0.2) is 0 Å². The van der Waals surface area contributed by atoms with E-state index in [-0.39, 0.29) is 0 Å². The molecule has 0 aliphatic heterocycles. The Labute approximate surface area is 41.2 Å². The Morgan fingerprint density at radius 1 is 2.20 bits per heavy atom. The van der Waals surface area contributed by atoms with E-state index in [1.165, 1.54) is 0 Å². The summed E-state index contributed by atoms with van der Waals surface area (Å²) in [6.45, 7) is -6.19. The summed E-state index contributed by atoms with van der Waals surface area (Å²) in [5.74, 6) is 0. The van der Waals surface area contributed by atoms with Crippen molar-refractivity contribution in [2.24, 2.45) is 0 Å². The van der Waals surface area contributed by atoms with Crippen LogP contribution in [0.1, 0.15) is 9.60 Å². The number of carbonyl (C=O) groups is 1. The second kappa shape index (κ2) is 1.76. The molecule has 0 spiro atoms. The number of hydrogen-bond donors (Lipinski definition) is 0. The number of hydrogen-bond acceptors (Lipinski definition) is 1. The molecule has 0 rings (SSSR count). The molecule has 2 nitrogen and oxygen atoms in total. The molecule has 0 fully saturated rings. The number of rotatable bonds is 0. The van der Waals surface area contributed by atoms with Gasteiger partial charge in [-0.15, -0.1) is 0 Å². The van der Waals surface area contributed by atoms with E-state index >= 15 is 0 Å². The molecule has 0 aliphatic rings. The average molecular weight is 80.1 g/mol. The fraction of sp³-hybridized carbons (Fsp3) is 0.667. The van der Waals surface area contributed by atoms with Gasteiger partial charge in [-0.3, -0.25) is 4.79 Å². The van der Waals surface area contributed by atoms with Gasteiger partial charge in [-0.2, -0.15) is 0 Å². The maximum Gasteiger partial charge on any atom is 0.209 e. The lowest BCUT2D eigenvalue weighted by molar-refractivity contribution is -0.115. The van der Waals surface area contributed by atoms with Crippen molar-refractivity contribution in [1.82, 2.24) is 4.90 Å². The van der Waals surface area contributed by atoms with Gasteiger partial charge in [0, 0.05) is 22.2 Å². The van der Waals surface area contributed by atoms with Gasteiger partial charge in [0.1, 0.15) is 1.37 Å². The van der Waals surface area contributed by atoms with Crippen LogP contribution in [-0.4, -0.2) is 25.2 Å². The summed E-state index contributed by atoms with van der Waals surface area (Å²) in [6, 6.07) is 0. The van der Waals surface area contributed by atoms with Crippen molar-refractivity contribution in [1.29, 1.82) is 0 Å². The molecule has 0 bridgehead atoms. The lowest BCUT2D eigenvalue weighted by Crippen LogP contribution is -2.06. The first kappa shape index (κ1) is 0.491. The van der Waals surface area contributed by atoms with E-state index in [4.69, 9.17) is 9.60 Å². The highest BCUT2D eigenvalue weighted by atomic mass is 16.1. The third kappa shape index (κ3) is 3.47. The fourth-order valence-corrected chi connectivity index (χ4v) is 0. The highest BCUT2D eigenvalue weighted by Crippen LogP contribution is 1.52. The molecule has 0 radical (unpaired) electrons. The molecule has 0 aliphatic carbocycles. The van der Waals surface area contributed by atoms with Gasteiger partial charge < -0.3 is 4.90 Å². The maximum absolute atomic E-state index is 10.3. The summed E-state index contributed by atoms with van der Waals surface area (Å²) in [7, 11) is 0. The van der Waals surface area contributed by atoms with Crippen LogP contribution in [0.3, 0.4) is 0 Å². The van der Waals surface area contributed by atoms with Gasteiger partial charge in [-0.1, -0.05) is 0 Å². The van der Waals surface area contributed by atoms with Crippen molar-refractivity contribution in [2.45, 2.75) is 0 Å². The third-order valence-electron chi connectivity index (χ3n) is 0.0913. The Balaban J connectivity index is 4.82. The van der Waals surface area contributed by atoms with E-state index < -0.39 is 25.2 Å². The molecule has 0 saturated carbocycles. The molecule has 5 heavy (non-hydrogen) atoms. The van der Waals surface area contributed by atoms with E-state index in [1.54, 1.807) is 0 Å². The normalized spacial score (nSPS) is 32.4. The molecule has 0 saturated heterocycles. The summed E-state index contributed by atoms with van der Waals surface area (Å²) < 4.78 is 46.2. The molecule has 1 amide bonds. The highest BCUT2D eigenvalue weighted by molar-refractivity contribution is 5.45. The maximum atomic E-state index is 10.3. The van der Waals surface area contributed by atoms with Gasteiger partial charge >= 0.3 is 0 Å². The Bertz CT molecular complexity index is 166. The second-order valence-corrected chi connectivity index (χ2v) is 0.427. The Morgan fingerprint density at radius 2 is 2.80 bits per heavy atom. The minimum atomic E-state index is -3.09. The van der Waals surface area contributed by atoms with Gasteiger partial charge in [-0.25, -0.2) is 0 Å². The molecule has 30 valence electrons. The van der Waals surface area contributed by atoms with Crippen LogP contribution in [0.5, 0.6) is 0 Å². The van der Waals surface area contributed by atoms with Crippen LogP contribution >= 0.6 is 0 Å². The fourth-order valence-electron chi connectivity index (χ4n) is 0. The molecule has 0 aromatic rings. The van der Waals surface area contributed by atoms with Crippen molar-refractivity contribution in [3.63, 3.8) is 0 Å². The average Bonchev–Trinajstić information content (AvgIpc) is 1.49. The Hall–Kier alpha value is -0.530. The van der Waals surface area contributed by atoms with Crippen molar-refractivity contribution >= 4 is 6.39 Å². The van der Waals surface area contributed by atoms with E-state index in [9.17, 15) is 4.79 Å². The van der Waals surface area contributed by atoms with Gasteiger partial charge in [0.2, 0.25) is 6.39 Å². The quantitative estimate of drug-likeness (QED) is 0.366. The van der Waals surface area contributed by atoms with Gasteiger partial charge in [-0.05, 0) is 0 Å². The summed E-state index contributed by atoms with van der Waals surface area (Å²) in [5.41, 5.74) is 0. The van der Waals surface area contributed by atoms with E-state index in [1.807, 2.05) is 0 Å². The standard InChI is InChI=1S/C3H7NO/c1-4(2)3-5/h3H,1-2H3/i1D3,2D3,3D. The first-order valence-corrected chi connectivity index (χ1v) is 0.875. The van der Waals surface area contributed by atoms with Crippen LogP contribution in [0.4, 0.5) is 0 Å². The zero-order chi connectivity index (χ0) is 10.2.